The van der Waals surface area contributed by atoms with Crippen LogP contribution >= 0.6 is 0 Å². The summed E-state index contributed by atoms with van der Waals surface area (Å²) in [7, 11) is 1.81. The maximum Gasteiger partial charge on any atom is 0.237 e. The standard InChI is InChI=1S/C7H13N3O2/c1-10-3-2-9-7(12)5(10)4-6(8)11/h5H,2-4H2,1H3,(H2,8,11)(H,9,12). The molecule has 0 aromatic rings. The Balaban J connectivity index is 2.57. The van der Waals surface area contributed by atoms with E-state index in [1.807, 2.05) is 11.9 Å². The lowest BCUT2D eigenvalue weighted by Gasteiger charge is -2.30. The van der Waals surface area contributed by atoms with Crippen LogP contribution < -0.4 is 11.1 Å². The topological polar surface area (TPSA) is 75.4 Å². The zero-order chi connectivity index (χ0) is 9.14. The van der Waals surface area contributed by atoms with E-state index in [1.165, 1.54) is 0 Å². The molecule has 0 aromatic heterocycles. The van der Waals surface area contributed by atoms with Gasteiger partial charge in [-0.1, -0.05) is 0 Å². The first-order chi connectivity index (χ1) is 5.61. The van der Waals surface area contributed by atoms with Gasteiger partial charge in [-0.05, 0) is 7.05 Å². The van der Waals surface area contributed by atoms with Crippen LogP contribution in [-0.2, 0) is 9.59 Å². The van der Waals surface area contributed by atoms with E-state index >= 15 is 0 Å². The number of nitrogens with one attached hydrogen (secondary N) is 1. The zero-order valence-electron chi connectivity index (χ0n) is 7.04. The fourth-order valence-electron chi connectivity index (χ4n) is 1.27. The van der Waals surface area contributed by atoms with Crippen molar-refractivity contribution >= 4 is 11.8 Å². The summed E-state index contributed by atoms with van der Waals surface area (Å²) in [5, 5.41) is 2.68. The molecule has 2 amide bonds. The summed E-state index contributed by atoms with van der Waals surface area (Å²) in [4.78, 5) is 23.6. The second-order valence-electron chi connectivity index (χ2n) is 2.96. The van der Waals surface area contributed by atoms with E-state index in [1.54, 1.807) is 0 Å². The minimum Gasteiger partial charge on any atom is -0.370 e. The fourth-order valence-corrected chi connectivity index (χ4v) is 1.27. The summed E-state index contributed by atoms with van der Waals surface area (Å²) >= 11 is 0. The summed E-state index contributed by atoms with van der Waals surface area (Å²) in [6.07, 6.45) is 0.0995. The molecule has 0 radical (unpaired) electrons. The van der Waals surface area contributed by atoms with Crippen molar-refractivity contribution in [3.8, 4) is 0 Å². The average Bonchev–Trinajstić information content (AvgIpc) is 1.97. The summed E-state index contributed by atoms with van der Waals surface area (Å²) in [6, 6.07) is -0.378. The van der Waals surface area contributed by atoms with Crippen LogP contribution in [-0.4, -0.2) is 42.9 Å². The molecule has 5 nitrogen and oxygen atoms in total. The quantitative estimate of drug-likeness (QED) is 0.519. The van der Waals surface area contributed by atoms with Gasteiger partial charge in [-0.25, -0.2) is 0 Å². The van der Waals surface area contributed by atoms with Gasteiger partial charge in [0.05, 0.1) is 12.5 Å². The normalized spacial score (nSPS) is 25.1. The molecule has 1 fully saturated rings. The highest BCUT2D eigenvalue weighted by molar-refractivity contribution is 5.88. The third kappa shape index (κ3) is 1.94. The predicted octanol–water partition coefficient (Wildman–Crippen LogP) is -1.71. The van der Waals surface area contributed by atoms with Crippen LogP contribution in [0.4, 0.5) is 0 Å². The van der Waals surface area contributed by atoms with Crippen molar-refractivity contribution in [3.05, 3.63) is 0 Å². The number of rotatable bonds is 2. The second kappa shape index (κ2) is 3.53. The van der Waals surface area contributed by atoms with Crippen molar-refractivity contribution in [1.82, 2.24) is 10.2 Å². The molecule has 0 spiro atoms. The van der Waals surface area contributed by atoms with Crippen LogP contribution in [0.5, 0.6) is 0 Å². The van der Waals surface area contributed by atoms with E-state index < -0.39 is 5.91 Å². The van der Waals surface area contributed by atoms with Crippen molar-refractivity contribution in [1.29, 1.82) is 0 Å². The average molecular weight is 171 g/mol. The number of primary amides is 1. The number of likely N-dealkylation sites (N-methyl/N-ethyl adjacent to an activating group) is 1. The molecule has 1 atom stereocenters. The van der Waals surface area contributed by atoms with Gasteiger partial charge in [-0.3, -0.25) is 14.5 Å². The lowest BCUT2D eigenvalue weighted by atomic mass is 10.1. The van der Waals surface area contributed by atoms with Crippen molar-refractivity contribution in [2.45, 2.75) is 12.5 Å². The molecule has 0 aromatic carbocycles. The number of hydrogen-bond donors (Lipinski definition) is 2. The van der Waals surface area contributed by atoms with Crippen LogP contribution in [0.2, 0.25) is 0 Å². The van der Waals surface area contributed by atoms with Gasteiger partial charge in [0.2, 0.25) is 11.8 Å². The molecule has 1 saturated heterocycles. The van der Waals surface area contributed by atoms with E-state index in [4.69, 9.17) is 5.73 Å². The summed E-state index contributed by atoms with van der Waals surface area (Å²) < 4.78 is 0. The van der Waals surface area contributed by atoms with Crippen LogP contribution in [0.1, 0.15) is 6.42 Å². The lowest BCUT2D eigenvalue weighted by molar-refractivity contribution is -0.132. The van der Waals surface area contributed by atoms with Gasteiger partial charge >= 0.3 is 0 Å². The Morgan fingerprint density at radius 3 is 3.00 bits per heavy atom. The van der Waals surface area contributed by atoms with Crippen molar-refractivity contribution in [2.75, 3.05) is 20.1 Å². The Kier molecular flexibility index (Phi) is 2.65. The number of carbonyl (C=O) groups is 2. The summed E-state index contributed by atoms with van der Waals surface area (Å²) in [6.45, 7) is 1.41. The van der Waals surface area contributed by atoms with Gasteiger partial charge < -0.3 is 11.1 Å². The van der Waals surface area contributed by atoms with Gasteiger partial charge in [0, 0.05) is 13.1 Å². The Morgan fingerprint density at radius 2 is 2.50 bits per heavy atom. The van der Waals surface area contributed by atoms with Crippen LogP contribution in [0.3, 0.4) is 0 Å². The predicted molar refractivity (Wildman–Crippen MR) is 43.2 cm³/mol. The Morgan fingerprint density at radius 1 is 1.83 bits per heavy atom. The molecule has 68 valence electrons. The number of hydrogen-bond acceptors (Lipinski definition) is 3. The molecule has 0 aliphatic carbocycles. The minimum absolute atomic E-state index is 0.0995. The number of nitrogens with two attached hydrogens (primary N) is 1. The van der Waals surface area contributed by atoms with Gasteiger partial charge in [0.15, 0.2) is 0 Å². The van der Waals surface area contributed by atoms with Crippen LogP contribution in [0, 0.1) is 0 Å². The molecule has 5 heteroatoms. The van der Waals surface area contributed by atoms with E-state index in [9.17, 15) is 9.59 Å². The highest BCUT2D eigenvalue weighted by Gasteiger charge is 2.27. The number of nitrogens with zero attached hydrogens (tertiary/aromatic N) is 1. The maximum absolute atomic E-state index is 11.2. The van der Waals surface area contributed by atoms with Crippen LogP contribution in [0.25, 0.3) is 0 Å². The third-order valence-corrected chi connectivity index (χ3v) is 1.99. The van der Waals surface area contributed by atoms with Crippen molar-refractivity contribution in [3.63, 3.8) is 0 Å². The number of amides is 2. The second-order valence-corrected chi connectivity index (χ2v) is 2.96. The fraction of sp³-hybridized carbons (Fsp3) is 0.714. The van der Waals surface area contributed by atoms with Crippen molar-refractivity contribution < 1.29 is 9.59 Å². The van der Waals surface area contributed by atoms with E-state index in [0.717, 1.165) is 6.54 Å². The molecular weight excluding hydrogens is 158 g/mol. The molecule has 1 aliphatic rings. The number of piperazine rings is 1. The molecule has 1 aliphatic heterocycles. The number of carbonyl (C=O) groups excluding carboxylic acids is 2. The Bertz CT molecular complexity index is 205. The van der Waals surface area contributed by atoms with Crippen LogP contribution in [0.15, 0.2) is 0 Å². The van der Waals surface area contributed by atoms with E-state index in [2.05, 4.69) is 5.32 Å². The smallest absolute Gasteiger partial charge is 0.237 e. The Hall–Kier alpha value is -1.10. The molecule has 1 unspecified atom stereocenters. The largest absolute Gasteiger partial charge is 0.370 e. The van der Waals surface area contributed by atoms with Crippen molar-refractivity contribution in [2.24, 2.45) is 5.73 Å². The summed E-state index contributed by atoms with van der Waals surface area (Å²) in [5.41, 5.74) is 5.00. The molecule has 0 bridgehead atoms. The monoisotopic (exact) mass is 171 g/mol. The zero-order valence-corrected chi connectivity index (χ0v) is 7.04. The molecular formula is C7H13N3O2. The molecule has 3 N–H and O–H groups in total. The molecule has 0 saturated carbocycles. The third-order valence-electron chi connectivity index (χ3n) is 1.99. The minimum atomic E-state index is -0.441. The first-order valence-electron chi connectivity index (χ1n) is 3.87. The first-order valence-corrected chi connectivity index (χ1v) is 3.87. The van der Waals surface area contributed by atoms with E-state index in [0.29, 0.717) is 6.54 Å². The Labute approximate surface area is 70.9 Å². The molecule has 12 heavy (non-hydrogen) atoms. The SMILES string of the molecule is CN1CCNC(=O)C1CC(N)=O. The lowest BCUT2D eigenvalue weighted by Crippen LogP contribution is -2.54. The van der Waals surface area contributed by atoms with Gasteiger partial charge in [0.1, 0.15) is 0 Å². The molecule has 1 heterocycles. The highest BCUT2D eigenvalue weighted by atomic mass is 16.2. The first kappa shape index (κ1) is 8.99. The van der Waals surface area contributed by atoms with Gasteiger partial charge in [-0.2, -0.15) is 0 Å². The maximum atomic E-state index is 11.2. The summed E-state index contributed by atoms with van der Waals surface area (Å²) in [5.74, 6) is -0.550. The highest BCUT2D eigenvalue weighted by Crippen LogP contribution is 2.04. The van der Waals surface area contributed by atoms with Gasteiger partial charge in [-0.15, -0.1) is 0 Å². The van der Waals surface area contributed by atoms with Gasteiger partial charge in [0.25, 0.3) is 0 Å². The molecule has 1 rings (SSSR count). The van der Waals surface area contributed by atoms with E-state index in [-0.39, 0.29) is 18.4 Å².